The number of rotatable bonds is 6. The molecule has 0 aliphatic heterocycles. The summed E-state index contributed by atoms with van der Waals surface area (Å²) >= 11 is 5.35. The molecule has 7 nitrogen and oxygen atoms in total. The summed E-state index contributed by atoms with van der Waals surface area (Å²) in [6.07, 6.45) is 1.46. The van der Waals surface area contributed by atoms with E-state index in [0.717, 1.165) is 4.47 Å². The van der Waals surface area contributed by atoms with Gasteiger partial charge in [-0.25, -0.2) is 5.43 Å². The van der Waals surface area contributed by atoms with Gasteiger partial charge in [-0.2, -0.15) is 5.10 Å². The van der Waals surface area contributed by atoms with Crippen LogP contribution in [0.25, 0.3) is 0 Å². The van der Waals surface area contributed by atoms with Crippen molar-refractivity contribution in [3.8, 4) is 17.2 Å². The second kappa shape index (κ2) is 9.70. The first kappa shape index (κ1) is 21.2. The third-order valence-corrected chi connectivity index (χ3v) is 4.58. The maximum absolute atomic E-state index is 12.3. The number of halogens is 2. The number of nitrogens with one attached hydrogen (secondary N) is 1. The Morgan fingerprint density at radius 3 is 2.48 bits per heavy atom. The van der Waals surface area contributed by atoms with E-state index in [-0.39, 0.29) is 0 Å². The van der Waals surface area contributed by atoms with E-state index in [1.807, 2.05) is 22.6 Å². The number of carbonyl (C=O) groups excluding carboxylic acids is 2. The van der Waals surface area contributed by atoms with E-state index >= 15 is 0 Å². The molecule has 0 radical (unpaired) electrons. The van der Waals surface area contributed by atoms with Crippen molar-refractivity contribution in [2.24, 2.45) is 5.10 Å². The number of hydrogen-bond donors (Lipinski definition) is 1. The average molecular weight is 547 g/mol. The highest BCUT2D eigenvalue weighted by atomic mass is 127. The van der Waals surface area contributed by atoms with Gasteiger partial charge >= 0.3 is 5.97 Å². The van der Waals surface area contributed by atoms with Crippen LogP contribution in [0.2, 0.25) is 0 Å². The predicted molar refractivity (Wildman–Crippen MR) is 113 cm³/mol. The number of nitrogens with zero attached hydrogens (tertiary/aromatic N) is 1. The van der Waals surface area contributed by atoms with Crippen LogP contribution in [0.1, 0.15) is 22.8 Å². The smallest absolute Gasteiger partial charge is 0.308 e. The molecule has 0 atom stereocenters. The summed E-state index contributed by atoms with van der Waals surface area (Å²) in [6.45, 7) is 1.32. The molecule has 0 aliphatic carbocycles. The van der Waals surface area contributed by atoms with E-state index < -0.39 is 11.9 Å². The van der Waals surface area contributed by atoms with Crippen LogP contribution in [0, 0.1) is 3.57 Å². The molecular formula is C18H16BrIN2O5. The van der Waals surface area contributed by atoms with Crippen molar-refractivity contribution in [2.75, 3.05) is 14.2 Å². The molecule has 0 aromatic heterocycles. The van der Waals surface area contributed by atoms with Crippen LogP contribution in [0.15, 0.2) is 39.9 Å². The lowest BCUT2D eigenvalue weighted by molar-refractivity contribution is -0.132. The van der Waals surface area contributed by atoms with E-state index in [9.17, 15) is 9.59 Å². The standard InChI is InChI=1S/C18H16BrIN2O5/c1-10(23)27-17-14(20)6-11(7-16(17)26-3)9-21-22-18(24)13-8-12(19)4-5-15(13)25-2/h4-9H,1-3H3,(H,22,24)/b21-9-. The van der Waals surface area contributed by atoms with Crippen LogP contribution >= 0.6 is 38.5 Å². The monoisotopic (exact) mass is 546 g/mol. The molecule has 9 heteroatoms. The molecule has 0 spiro atoms. The molecule has 0 saturated heterocycles. The van der Waals surface area contributed by atoms with Crippen molar-refractivity contribution in [1.29, 1.82) is 0 Å². The van der Waals surface area contributed by atoms with E-state index in [4.69, 9.17) is 14.2 Å². The van der Waals surface area contributed by atoms with E-state index in [1.54, 1.807) is 30.3 Å². The predicted octanol–water partition coefficient (Wildman–Crippen LogP) is 3.76. The Kier molecular flexibility index (Phi) is 7.60. The molecule has 1 N–H and O–H groups in total. The van der Waals surface area contributed by atoms with Crippen LogP contribution in [-0.4, -0.2) is 32.3 Å². The Labute approximate surface area is 178 Å². The third-order valence-electron chi connectivity index (χ3n) is 3.28. The summed E-state index contributed by atoms with van der Waals surface area (Å²) in [4.78, 5) is 23.5. The number of methoxy groups -OCH3 is 2. The second-order valence-electron chi connectivity index (χ2n) is 5.17. The highest BCUT2D eigenvalue weighted by Crippen LogP contribution is 2.33. The maximum atomic E-state index is 12.3. The zero-order chi connectivity index (χ0) is 20.0. The third kappa shape index (κ3) is 5.67. The van der Waals surface area contributed by atoms with Gasteiger partial charge in [0, 0.05) is 11.4 Å². The zero-order valence-corrected chi connectivity index (χ0v) is 18.5. The Balaban J connectivity index is 2.19. The van der Waals surface area contributed by atoms with E-state index in [2.05, 4.69) is 26.5 Å². The minimum Gasteiger partial charge on any atom is -0.496 e. The Bertz CT molecular complexity index is 902. The molecule has 2 aromatic rings. The highest BCUT2D eigenvalue weighted by molar-refractivity contribution is 14.1. The van der Waals surface area contributed by atoms with Gasteiger partial charge < -0.3 is 14.2 Å². The lowest BCUT2D eigenvalue weighted by Crippen LogP contribution is -2.18. The topological polar surface area (TPSA) is 86.2 Å². The largest absolute Gasteiger partial charge is 0.496 e. The van der Waals surface area contributed by atoms with Crippen molar-refractivity contribution in [1.82, 2.24) is 5.43 Å². The van der Waals surface area contributed by atoms with E-state index in [0.29, 0.717) is 31.9 Å². The Morgan fingerprint density at radius 2 is 1.85 bits per heavy atom. The number of esters is 1. The number of amides is 1. The number of ether oxygens (including phenoxy) is 3. The van der Waals surface area contributed by atoms with Crippen LogP contribution < -0.4 is 19.6 Å². The molecular weight excluding hydrogens is 531 g/mol. The minimum absolute atomic E-state index is 0.339. The van der Waals surface area contributed by atoms with Gasteiger partial charge in [0.25, 0.3) is 5.91 Å². The molecule has 0 aliphatic rings. The fourth-order valence-electron chi connectivity index (χ4n) is 2.14. The quantitative estimate of drug-likeness (QED) is 0.196. The van der Waals surface area contributed by atoms with Crippen molar-refractivity contribution >= 4 is 56.6 Å². The fraction of sp³-hybridized carbons (Fsp3) is 0.167. The van der Waals surface area contributed by atoms with Gasteiger partial charge in [0.15, 0.2) is 11.5 Å². The molecule has 2 aromatic carbocycles. The van der Waals surface area contributed by atoms with Gasteiger partial charge in [-0.15, -0.1) is 0 Å². The number of carbonyl (C=O) groups is 2. The van der Waals surface area contributed by atoms with Crippen LogP contribution in [-0.2, 0) is 4.79 Å². The minimum atomic E-state index is -0.442. The second-order valence-corrected chi connectivity index (χ2v) is 7.25. The van der Waals surface area contributed by atoms with Gasteiger partial charge in [0.2, 0.25) is 0 Å². The fourth-order valence-corrected chi connectivity index (χ4v) is 3.24. The SMILES string of the molecule is COc1ccc(Br)cc1C(=O)N/N=C\c1cc(I)c(OC(C)=O)c(OC)c1. The summed E-state index contributed by atoms with van der Waals surface area (Å²) in [5.41, 5.74) is 3.46. The van der Waals surface area contributed by atoms with Gasteiger partial charge in [0.05, 0.1) is 29.6 Å². The summed E-state index contributed by atoms with van der Waals surface area (Å²) in [6, 6.07) is 8.50. The first-order valence-electron chi connectivity index (χ1n) is 7.58. The van der Waals surface area contributed by atoms with Gasteiger partial charge in [0.1, 0.15) is 5.75 Å². The number of hydrazone groups is 1. The zero-order valence-electron chi connectivity index (χ0n) is 14.7. The van der Waals surface area contributed by atoms with Crippen LogP contribution in [0.3, 0.4) is 0 Å². The summed E-state index contributed by atoms with van der Waals surface area (Å²) < 4.78 is 17.0. The van der Waals surface area contributed by atoms with Crippen molar-refractivity contribution in [3.05, 3.63) is 49.5 Å². The average Bonchev–Trinajstić information content (AvgIpc) is 2.63. The Hall–Kier alpha value is -2.14. The van der Waals surface area contributed by atoms with Gasteiger partial charge in [-0.1, -0.05) is 15.9 Å². The highest BCUT2D eigenvalue weighted by Gasteiger charge is 2.14. The van der Waals surface area contributed by atoms with Crippen molar-refractivity contribution < 1.29 is 23.8 Å². The Morgan fingerprint density at radius 1 is 1.15 bits per heavy atom. The van der Waals surface area contributed by atoms with Crippen LogP contribution in [0.4, 0.5) is 0 Å². The number of hydrogen-bond acceptors (Lipinski definition) is 6. The normalized spacial score (nSPS) is 10.6. The molecule has 142 valence electrons. The lowest BCUT2D eigenvalue weighted by Gasteiger charge is -2.11. The maximum Gasteiger partial charge on any atom is 0.308 e. The molecule has 27 heavy (non-hydrogen) atoms. The lowest BCUT2D eigenvalue weighted by atomic mass is 10.2. The molecule has 2 rings (SSSR count). The van der Waals surface area contributed by atoms with E-state index in [1.165, 1.54) is 27.4 Å². The first-order valence-corrected chi connectivity index (χ1v) is 9.45. The van der Waals surface area contributed by atoms with Crippen molar-refractivity contribution in [2.45, 2.75) is 6.92 Å². The molecule has 0 saturated carbocycles. The van der Waals surface area contributed by atoms with Crippen LogP contribution in [0.5, 0.6) is 17.2 Å². The molecule has 0 fully saturated rings. The summed E-state index contributed by atoms with van der Waals surface area (Å²) in [5, 5.41) is 3.97. The molecule has 0 heterocycles. The molecule has 1 amide bonds. The van der Waals surface area contributed by atoms with Gasteiger partial charge in [-0.3, -0.25) is 9.59 Å². The summed E-state index contributed by atoms with van der Waals surface area (Å²) in [5.74, 6) is 0.308. The summed E-state index contributed by atoms with van der Waals surface area (Å²) in [7, 11) is 2.96. The van der Waals surface area contributed by atoms with Gasteiger partial charge in [-0.05, 0) is 58.5 Å². The molecule has 0 bridgehead atoms. The van der Waals surface area contributed by atoms with Crippen molar-refractivity contribution in [3.63, 3.8) is 0 Å². The molecule has 0 unspecified atom stereocenters. The first-order chi connectivity index (χ1) is 12.8. The number of benzene rings is 2.